The second-order valence-corrected chi connectivity index (χ2v) is 6.75. The Morgan fingerprint density at radius 1 is 1.16 bits per heavy atom. The molecule has 1 aromatic carbocycles. The van der Waals surface area contributed by atoms with E-state index in [9.17, 15) is 0 Å². The van der Waals surface area contributed by atoms with E-state index >= 15 is 0 Å². The van der Waals surface area contributed by atoms with Gasteiger partial charge in [-0.3, -0.25) is 9.88 Å². The minimum Gasteiger partial charge on any atom is -0.487 e. The molecule has 0 atom stereocenters. The number of hydrogen-bond donors (Lipinski definition) is 0. The van der Waals surface area contributed by atoms with Crippen molar-refractivity contribution >= 4 is 0 Å². The Hall–Kier alpha value is -2.38. The van der Waals surface area contributed by atoms with Crippen LogP contribution in [0.15, 0.2) is 48.7 Å². The molecule has 4 nitrogen and oxygen atoms in total. The fourth-order valence-corrected chi connectivity index (χ4v) is 2.56. The first-order valence-corrected chi connectivity index (χ1v) is 8.79. The highest BCUT2D eigenvalue weighted by Gasteiger charge is 2.24. The molecule has 0 N–H and O–H groups in total. The van der Waals surface area contributed by atoms with Crippen LogP contribution in [0.3, 0.4) is 0 Å². The fourth-order valence-electron chi connectivity index (χ4n) is 2.56. The molecule has 0 aliphatic carbocycles. The van der Waals surface area contributed by atoms with E-state index < -0.39 is 0 Å². The van der Waals surface area contributed by atoms with Gasteiger partial charge in [-0.2, -0.15) is 5.26 Å². The standard InChI is InChI=1S/C21H27N3O/c1-4-21(2,3)24(15-7-13-22)16-18-9-11-20(12-10-18)25-17-19-8-5-6-14-23-19/h5-6,8-12,14H,4,7,15-17H2,1-3H3. The maximum Gasteiger partial charge on any atom is 0.130 e. The minimum atomic E-state index is 0.0744. The number of ether oxygens (including phenoxy) is 1. The molecule has 0 spiro atoms. The largest absolute Gasteiger partial charge is 0.487 e. The van der Waals surface area contributed by atoms with E-state index in [-0.39, 0.29) is 5.54 Å². The van der Waals surface area contributed by atoms with E-state index in [1.165, 1.54) is 5.56 Å². The number of pyridine rings is 1. The summed E-state index contributed by atoms with van der Waals surface area (Å²) in [6.07, 6.45) is 3.37. The highest BCUT2D eigenvalue weighted by Crippen LogP contribution is 2.23. The second kappa shape index (κ2) is 9.19. The summed E-state index contributed by atoms with van der Waals surface area (Å²) in [5, 5.41) is 8.91. The molecule has 0 unspecified atom stereocenters. The van der Waals surface area contributed by atoms with Crippen LogP contribution in [0.25, 0.3) is 0 Å². The number of nitrogens with zero attached hydrogens (tertiary/aromatic N) is 3. The molecule has 1 aromatic heterocycles. The van der Waals surface area contributed by atoms with Gasteiger partial charge in [-0.25, -0.2) is 0 Å². The lowest BCUT2D eigenvalue weighted by molar-refractivity contribution is 0.110. The molecule has 132 valence electrons. The lowest BCUT2D eigenvalue weighted by atomic mass is 9.98. The van der Waals surface area contributed by atoms with Crippen molar-refractivity contribution < 1.29 is 4.74 Å². The Balaban J connectivity index is 1.96. The van der Waals surface area contributed by atoms with Crippen molar-refractivity contribution in [1.29, 1.82) is 5.26 Å². The minimum absolute atomic E-state index is 0.0744. The van der Waals surface area contributed by atoms with E-state index in [2.05, 4.69) is 48.9 Å². The number of hydrogen-bond acceptors (Lipinski definition) is 4. The first-order chi connectivity index (χ1) is 12.0. The molecule has 0 saturated carbocycles. The molecule has 0 bridgehead atoms. The van der Waals surface area contributed by atoms with E-state index in [1.54, 1.807) is 6.20 Å². The summed E-state index contributed by atoms with van der Waals surface area (Å²) in [6, 6.07) is 16.3. The molecule has 2 aromatic rings. The molecular formula is C21H27N3O. The summed E-state index contributed by atoms with van der Waals surface area (Å²) in [5.41, 5.74) is 2.22. The number of benzene rings is 1. The fraction of sp³-hybridized carbons (Fsp3) is 0.429. The van der Waals surface area contributed by atoms with E-state index in [0.717, 1.165) is 31.0 Å². The van der Waals surface area contributed by atoms with Crippen LogP contribution in [0.2, 0.25) is 0 Å². The van der Waals surface area contributed by atoms with Gasteiger partial charge in [-0.1, -0.05) is 25.1 Å². The molecule has 0 fully saturated rings. The van der Waals surface area contributed by atoms with Gasteiger partial charge in [-0.15, -0.1) is 0 Å². The molecule has 0 aliphatic rings. The van der Waals surface area contributed by atoms with Crippen molar-refractivity contribution in [3.63, 3.8) is 0 Å². The van der Waals surface area contributed by atoms with Crippen molar-refractivity contribution in [1.82, 2.24) is 9.88 Å². The SMILES string of the molecule is CCC(C)(C)N(CCC#N)Cc1ccc(OCc2ccccn2)cc1. The summed E-state index contributed by atoms with van der Waals surface area (Å²) in [4.78, 5) is 6.63. The third kappa shape index (κ3) is 5.88. The van der Waals surface area contributed by atoms with E-state index in [4.69, 9.17) is 10.00 Å². The van der Waals surface area contributed by atoms with Crippen molar-refractivity contribution in [2.24, 2.45) is 0 Å². The van der Waals surface area contributed by atoms with Crippen LogP contribution in [0.4, 0.5) is 0 Å². The molecule has 2 rings (SSSR count). The lowest BCUT2D eigenvalue weighted by Gasteiger charge is -2.37. The molecule has 25 heavy (non-hydrogen) atoms. The van der Waals surface area contributed by atoms with Gasteiger partial charge < -0.3 is 4.74 Å². The van der Waals surface area contributed by atoms with Crippen LogP contribution in [0.1, 0.15) is 44.9 Å². The average molecular weight is 337 g/mol. The second-order valence-electron chi connectivity index (χ2n) is 6.75. The van der Waals surface area contributed by atoms with Crippen molar-refractivity contribution in [3.05, 3.63) is 59.9 Å². The molecule has 0 saturated heterocycles. The van der Waals surface area contributed by atoms with Crippen molar-refractivity contribution in [2.45, 2.75) is 52.3 Å². The quantitative estimate of drug-likeness (QED) is 0.673. The maximum atomic E-state index is 8.91. The van der Waals surface area contributed by atoms with E-state index in [0.29, 0.717) is 13.0 Å². The van der Waals surface area contributed by atoms with Crippen LogP contribution in [0.5, 0.6) is 5.75 Å². The summed E-state index contributed by atoms with van der Waals surface area (Å²) >= 11 is 0. The van der Waals surface area contributed by atoms with Gasteiger partial charge in [0.05, 0.1) is 11.8 Å². The highest BCUT2D eigenvalue weighted by atomic mass is 16.5. The normalized spacial score (nSPS) is 11.3. The summed E-state index contributed by atoms with van der Waals surface area (Å²) in [6.45, 7) is 8.74. The molecule has 0 aliphatic heterocycles. The Morgan fingerprint density at radius 2 is 1.92 bits per heavy atom. The van der Waals surface area contributed by atoms with Crippen LogP contribution in [0, 0.1) is 11.3 Å². The third-order valence-corrected chi connectivity index (χ3v) is 4.62. The Labute approximate surface area is 151 Å². The first-order valence-electron chi connectivity index (χ1n) is 8.79. The number of rotatable bonds is 9. The summed E-state index contributed by atoms with van der Waals surface area (Å²) in [7, 11) is 0. The first kappa shape index (κ1) is 19.0. The molecule has 0 amide bonds. The zero-order chi connectivity index (χ0) is 18.1. The van der Waals surface area contributed by atoms with Crippen LogP contribution in [-0.2, 0) is 13.2 Å². The van der Waals surface area contributed by atoms with Gasteiger partial charge in [0.1, 0.15) is 12.4 Å². The highest BCUT2D eigenvalue weighted by molar-refractivity contribution is 5.27. The molecular weight excluding hydrogens is 310 g/mol. The smallest absolute Gasteiger partial charge is 0.130 e. The average Bonchev–Trinajstić information content (AvgIpc) is 2.65. The van der Waals surface area contributed by atoms with Crippen molar-refractivity contribution in [3.8, 4) is 11.8 Å². The van der Waals surface area contributed by atoms with E-state index in [1.807, 2.05) is 30.3 Å². The monoisotopic (exact) mass is 337 g/mol. The van der Waals surface area contributed by atoms with Gasteiger partial charge in [-0.05, 0) is 50.1 Å². The Bertz CT molecular complexity index is 675. The number of aromatic nitrogens is 1. The van der Waals surface area contributed by atoms with Gasteiger partial charge in [0, 0.05) is 31.2 Å². The van der Waals surface area contributed by atoms with Gasteiger partial charge in [0.2, 0.25) is 0 Å². The molecule has 4 heteroatoms. The Kier molecular flexibility index (Phi) is 6.97. The predicted octanol–water partition coefficient (Wildman–Crippen LogP) is 4.56. The number of nitriles is 1. The summed E-state index contributed by atoms with van der Waals surface area (Å²) in [5.74, 6) is 0.840. The maximum absolute atomic E-state index is 8.91. The molecule has 0 radical (unpaired) electrons. The summed E-state index contributed by atoms with van der Waals surface area (Å²) < 4.78 is 5.79. The predicted molar refractivity (Wildman–Crippen MR) is 100 cm³/mol. The third-order valence-electron chi connectivity index (χ3n) is 4.62. The molecule has 1 heterocycles. The topological polar surface area (TPSA) is 49.2 Å². The van der Waals surface area contributed by atoms with Crippen LogP contribution >= 0.6 is 0 Å². The zero-order valence-corrected chi connectivity index (χ0v) is 15.4. The lowest BCUT2D eigenvalue weighted by Crippen LogP contribution is -2.43. The van der Waals surface area contributed by atoms with Gasteiger partial charge >= 0.3 is 0 Å². The Morgan fingerprint density at radius 3 is 2.52 bits per heavy atom. The van der Waals surface area contributed by atoms with Crippen LogP contribution < -0.4 is 4.74 Å². The van der Waals surface area contributed by atoms with Crippen molar-refractivity contribution in [2.75, 3.05) is 6.54 Å². The zero-order valence-electron chi connectivity index (χ0n) is 15.4. The van der Waals surface area contributed by atoms with Gasteiger partial charge in [0.15, 0.2) is 0 Å². The van der Waals surface area contributed by atoms with Crippen LogP contribution in [-0.4, -0.2) is 22.0 Å². The van der Waals surface area contributed by atoms with Gasteiger partial charge in [0.25, 0.3) is 0 Å².